The zero-order valence-electron chi connectivity index (χ0n) is 10.3. The van der Waals surface area contributed by atoms with Crippen molar-refractivity contribution < 1.29 is 5.21 Å². The molecule has 0 saturated carbocycles. The Morgan fingerprint density at radius 2 is 2.37 bits per heavy atom. The molecule has 1 aliphatic rings. The molecule has 3 rings (SSSR count). The Balaban J connectivity index is 2.16. The third-order valence-electron chi connectivity index (χ3n) is 3.28. The van der Waals surface area contributed by atoms with Gasteiger partial charge in [0.15, 0.2) is 5.82 Å². The molecular weight excluding hydrogens is 266 g/mol. The van der Waals surface area contributed by atoms with Gasteiger partial charge in [0.1, 0.15) is 16.4 Å². The Hall–Kier alpha value is -1.95. The van der Waals surface area contributed by atoms with Crippen molar-refractivity contribution in [2.75, 3.05) is 11.4 Å². The number of pyridine rings is 1. The van der Waals surface area contributed by atoms with Crippen LogP contribution in [0.15, 0.2) is 17.4 Å². The summed E-state index contributed by atoms with van der Waals surface area (Å²) in [4.78, 5) is 15.2. The van der Waals surface area contributed by atoms with Gasteiger partial charge in [0.2, 0.25) is 0 Å². The number of oxime groups is 1. The van der Waals surface area contributed by atoms with Gasteiger partial charge in [-0.05, 0) is 13.3 Å². The first kappa shape index (κ1) is 12.1. The van der Waals surface area contributed by atoms with Crippen molar-refractivity contribution in [3.05, 3.63) is 23.1 Å². The number of halogens is 1. The van der Waals surface area contributed by atoms with E-state index in [9.17, 15) is 0 Å². The molecule has 0 unspecified atom stereocenters. The van der Waals surface area contributed by atoms with Crippen LogP contribution < -0.4 is 4.90 Å². The normalized spacial score (nSPS) is 19.1. The van der Waals surface area contributed by atoms with Crippen LogP contribution >= 0.6 is 11.6 Å². The minimum absolute atomic E-state index is 0.383. The molecule has 1 saturated heterocycles. The van der Waals surface area contributed by atoms with Gasteiger partial charge in [-0.25, -0.2) is 15.0 Å². The van der Waals surface area contributed by atoms with Crippen molar-refractivity contribution in [2.45, 2.75) is 19.4 Å². The number of aromatic nitrogens is 3. The SMILES string of the molecule is C[C@H]1CCN1c1nc(Cl)cc2nc(/C=N/O)cnc12. The molecule has 1 atom stereocenters. The van der Waals surface area contributed by atoms with Gasteiger partial charge in [-0.2, -0.15) is 0 Å². The second-order valence-electron chi connectivity index (χ2n) is 4.51. The molecule has 1 N–H and O–H groups in total. The van der Waals surface area contributed by atoms with Crippen molar-refractivity contribution >= 4 is 34.7 Å². The minimum atomic E-state index is 0.383. The lowest BCUT2D eigenvalue weighted by atomic mass is 10.1. The third-order valence-corrected chi connectivity index (χ3v) is 3.47. The van der Waals surface area contributed by atoms with Crippen LogP contribution in [0.25, 0.3) is 11.0 Å². The second kappa shape index (κ2) is 4.62. The molecule has 2 aromatic heterocycles. The van der Waals surface area contributed by atoms with Crippen molar-refractivity contribution in [3.8, 4) is 0 Å². The molecule has 0 amide bonds. The Morgan fingerprint density at radius 1 is 1.53 bits per heavy atom. The fourth-order valence-electron chi connectivity index (χ4n) is 2.14. The summed E-state index contributed by atoms with van der Waals surface area (Å²) in [5, 5.41) is 11.9. The van der Waals surface area contributed by atoms with Crippen LogP contribution in [-0.2, 0) is 0 Å². The number of anilines is 1. The molecule has 7 heteroatoms. The van der Waals surface area contributed by atoms with Crippen molar-refractivity contribution in [3.63, 3.8) is 0 Å². The average molecular weight is 278 g/mol. The minimum Gasteiger partial charge on any atom is -0.411 e. The van der Waals surface area contributed by atoms with Gasteiger partial charge >= 0.3 is 0 Å². The highest BCUT2D eigenvalue weighted by atomic mass is 35.5. The van der Waals surface area contributed by atoms with Crippen LogP contribution in [0.2, 0.25) is 5.15 Å². The first-order chi connectivity index (χ1) is 9.19. The van der Waals surface area contributed by atoms with E-state index in [1.807, 2.05) is 0 Å². The van der Waals surface area contributed by atoms with Gasteiger partial charge in [-0.15, -0.1) is 0 Å². The Bertz CT molecular complexity index is 660. The van der Waals surface area contributed by atoms with Crippen LogP contribution in [0.1, 0.15) is 19.0 Å². The molecule has 1 fully saturated rings. The van der Waals surface area contributed by atoms with Crippen molar-refractivity contribution in [1.29, 1.82) is 0 Å². The van der Waals surface area contributed by atoms with Crippen LogP contribution in [0.5, 0.6) is 0 Å². The fraction of sp³-hybridized carbons (Fsp3) is 0.333. The number of nitrogens with zero attached hydrogens (tertiary/aromatic N) is 5. The Kier molecular flexibility index (Phi) is 2.94. The number of rotatable bonds is 2. The Labute approximate surface area is 114 Å². The maximum absolute atomic E-state index is 8.53. The average Bonchev–Trinajstić information content (AvgIpc) is 2.36. The molecule has 0 aliphatic carbocycles. The first-order valence-corrected chi connectivity index (χ1v) is 6.34. The zero-order valence-corrected chi connectivity index (χ0v) is 11.0. The maximum atomic E-state index is 8.53. The summed E-state index contributed by atoms with van der Waals surface area (Å²) < 4.78 is 0. The second-order valence-corrected chi connectivity index (χ2v) is 4.89. The fourth-order valence-corrected chi connectivity index (χ4v) is 2.33. The van der Waals surface area contributed by atoms with Crippen molar-refractivity contribution in [2.24, 2.45) is 5.16 Å². The third kappa shape index (κ3) is 2.08. The number of hydrogen-bond acceptors (Lipinski definition) is 6. The zero-order chi connectivity index (χ0) is 13.4. The monoisotopic (exact) mass is 277 g/mol. The van der Waals surface area contributed by atoms with E-state index in [1.165, 1.54) is 6.21 Å². The highest BCUT2D eigenvalue weighted by molar-refractivity contribution is 6.30. The molecule has 1 aliphatic heterocycles. The summed E-state index contributed by atoms with van der Waals surface area (Å²) in [5.41, 5.74) is 1.83. The summed E-state index contributed by atoms with van der Waals surface area (Å²) in [5.74, 6) is 0.765. The van der Waals surface area contributed by atoms with E-state index < -0.39 is 0 Å². The first-order valence-electron chi connectivity index (χ1n) is 5.96. The molecule has 3 heterocycles. The standard InChI is InChI=1S/C12H12ClN5O/c1-7-2-3-18(7)12-11-9(4-10(13)17-12)16-8(5-14-11)6-15-19/h4-7,19H,2-3H2,1H3/b15-6+/t7-/m0/s1. The van der Waals surface area contributed by atoms with E-state index in [-0.39, 0.29) is 0 Å². The van der Waals surface area contributed by atoms with Crippen LogP contribution in [-0.4, -0.2) is 39.0 Å². The van der Waals surface area contributed by atoms with Gasteiger partial charge in [0, 0.05) is 18.7 Å². The van der Waals surface area contributed by atoms with Gasteiger partial charge in [0.25, 0.3) is 0 Å². The van der Waals surface area contributed by atoms with Gasteiger partial charge in [-0.1, -0.05) is 16.8 Å². The molecule has 0 bridgehead atoms. The largest absolute Gasteiger partial charge is 0.411 e. The summed E-state index contributed by atoms with van der Waals surface area (Å²) in [6.45, 7) is 3.09. The van der Waals surface area contributed by atoms with Crippen LogP contribution in [0.4, 0.5) is 5.82 Å². The van der Waals surface area contributed by atoms with E-state index in [0.717, 1.165) is 18.8 Å². The molecular formula is C12H12ClN5O. The molecule has 0 aromatic carbocycles. The predicted molar refractivity (Wildman–Crippen MR) is 73.1 cm³/mol. The quantitative estimate of drug-likeness (QED) is 0.394. The number of fused-ring (bicyclic) bond motifs is 1. The van der Waals surface area contributed by atoms with E-state index in [1.54, 1.807) is 12.3 Å². The molecule has 6 nitrogen and oxygen atoms in total. The van der Waals surface area contributed by atoms with Crippen molar-refractivity contribution in [1.82, 2.24) is 15.0 Å². The molecule has 0 spiro atoms. The van der Waals surface area contributed by atoms with E-state index >= 15 is 0 Å². The van der Waals surface area contributed by atoms with Gasteiger partial charge < -0.3 is 10.1 Å². The summed E-state index contributed by atoms with van der Waals surface area (Å²) in [6, 6.07) is 2.10. The van der Waals surface area contributed by atoms with Crippen LogP contribution in [0.3, 0.4) is 0 Å². The van der Waals surface area contributed by atoms with E-state index in [0.29, 0.717) is 27.9 Å². The van der Waals surface area contributed by atoms with Gasteiger partial charge in [-0.3, -0.25) is 0 Å². The topological polar surface area (TPSA) is 74.5 Å². The number of hydrogen-bond donors (Lipinski definition) is 1. The van der Waals surface area contributed by atoms with E-state index in [4.69, 9.17) is 16.8 Å². The Morgan fingerprint density at radius 3 is 3.00 bits per heavy atom. The summed E-state index contributed by atoms with van der Waals surface area (Å²) >= 11 is 6.04. The lowest BCUT2D eigenvalue weighted by Gasteiger charge is -2.39. The lowest BCUT2D eigenvalue weighted by Crippen LogP contribution is -2.46. The highest BCUT2D eigenvalue weighted by Crippen LogP contribution is 2.31. The molecule has 0 radical (unpaired) electrons. The smallest absolute Gasteiger partial charge is 0.158 e. The van der Waals surface area contributed by atoms with Crippen LogP contribution in [0, 0.1) is 0 Å². The lowest BCUT2D eigenvalue weighted by molar-refractivity contribution is 0.321. The summed E-state index contributed by atoms with van der Waals surface area (Å²) in [6.07, 6.45) is 3.91. The molecule has 98 valence electrons. The molecule has 2 aromatic rings. The maximum Gasteiger partial charge on any atom is 0.158 e. The highest BCUT2D eigenvalue weighted by Gasteiger charge is 2.27. The molecule has 19 heavy (non-hydrogen) atoms. The van der Waals surface area contributed by atoms with Gasteiger partial charge in [0.05, 0.1) is 17.9 Å². The predicted octanol–water partition coefficient (Wildman–Crippen LogP) is 2.08. The summed E-state index contributed by atoms with van der Waals surface area (Å²) in [7, 11) is 0. The van der Waals surface area contributed by atoms with E-state index in [2.05, 4.69) is 31.9 Å².